The average Bonchev–Trinajstić information content (AvgIpc) is 2.52. The van der Waals surface area contributed by atoms with Crippen LogP contribution in [0, 0.1) is 6.92 Å². The lowest BCUT2D eigenvalue weighted by molar-refractivity contribution is 0.0991. The molecule has 3 heteroatoms. The standard InChI is InChI=1S/C18H25NO2/c1-14-12-16(8-9-18(14)21-2)17(20)13-19-11-10-15-6-4-3-5-7-15/h6,8-9,12,19H,3-5,7,10-11,13H2,1-2H3. The Balaban J connectivity index is 1.76. The average molecular weight is 287 g/mol. The van der Waals surface area contributed by atoms with E-state index in [1.54, 1.807) is 12.7 Å². The molecule has 1 aliphatic carbocycles. The van der Waals surface area contributed by atoms with Gasteiger partial charge in [-0.15, -0.1) is 0 Å². The van der Waals surface area contributed by atoms with Crippen LogP contribution in [0.15, 0.2) is 29.8 Å². The Morgan fingerprint density at radius 3 is 2.86 bits per heavy atom. The lowest BCUT2D eigenvalue weighted by atomic mass is 9.97. The van der Waals surface area contributed by atoms with E-state index in [1.165, 1.54) is 25.7 Å². The van der Waals surface area contributed by atoms with Crippen LogP contribution in [0.2, 0.25) is 0 Å². The van der Waals surface area contributed by atoms with Crippen LogP contribution < -0.4 is 10.1 Å². The summed E-state index contributed by atoms with van der Waals surface area (Å²) in [5.74, 6) is 0.960. The van der Waals surface area contributed by atoms with Crippen LogP contribution in [0.25, 0.3) is 0 Å². The van der Waals surface area contributed by atoms with Gasteiger partial charge in [-0.1, -0.05) is 11.6 Å². The lowest BCUT2D eigenvalue weighted by Crippen LogP contribution is -2.24. The van der Waals surface area contributed by atoms with Gasteiger partial charge in [-0.2, -0.15) is 0 Å². The van der Waals surface area contributed by atoms with Crippen molar-refractivity contribution >= 4 is 5.78 Å². The first-order chi connectivity index (χ1) is 10.2. The number of benzene rings is 1. The first kappa shape index (κ1) is 15.8. The predicted octanol–water partition coefficient (Wildman–Crippen LogP) is 3.67. The van der Waals surface area contributed by atoms with Crippen LogP contribution in [-0.4, -0.2) is 26.0 Å². The number of allylic oxidation sites excluding steroid dienone is 1. The molecule has 0 amide bonds. The van der Waals surface area contributed by atoms with Crippen molar-refractivity contribution in [2.75, 3.05) is 20.2 Å². The quantitative estimate of drug-likeness (QED) is 0.472. The fourth-order valence-corrected chi connectivity index (χ4v) is 2.74. The third-order valence-corrected chi connectivity index (χ3v) is 4.01. The molecule has 1 aromatic rings. The van der Waals surface area contributed by atoms with Crippen molar-refractivity contribution in [2.24, 2.45) is 0 Å². The van der Waals surface area contributed by atoms with Crippen LogP contribution in [0.5, 0.6) is 5.75 Å². The van der Waals surface area contributed by atoms with Crippen molar-refractivity contribution in [1.82, 2.24) is 5.32 Å². The highest BCUT2D eigenvalue weighted by molar-refractivity contribution is 5.97. The zero-order chi connectivity index (χ0) is 15.1. The first-order valence-corrected chi connectivity index (χ1v) is 7.77. The van der Waals surface area contributed by atoms with E-state index in [2.05, 4.69) is 11.4 Å². The summed E-state index contributed by atoms with van der Waals surface area (Å²) in [6, 6.07) is 5.58. The molecular formula is C18H25NO2. The van der Waals surface area contributed by atoms with Crippen LogP contribution in [0.1, 0.15) is 48.0 Å². The molecule has 0 fully saturated rings. The molecule has 1 aliphatic rings. The Hall–Kier alpha value is -1.61. The summed E-state index contributed by atoms with van der Waals surface area (Å²) >= 11 is 0. The van der Waals surface area contributed by atoms with Gasteiger partial charge in [0.05, 0.1) is 13.7 Å². The van der Waals surface area contributed by atoms with Gasteiger partial charge in [-0.05, 0) is 69.3 Å². The third kappa shape index (κ3) is 4.71. The van der Waals surface area contributed by atoms with E-state index in [-0.39, 0.29) is 5.78 Å². The van der Waals surface area contributed by atoms with Gasteiger partial charge >= 0.3 is 0 Å². The number of Topliss-reactive ketones (excluding diaryl/α,β-unsaturated/α-hetero) is 1. The summed E-state index contributed by atoms with van der Waals surface area (Å²) in [5.41, 5.74) is 3.29. The number of carbonyl (C=O) groups is 1. The molecule has 0 heterocycles. The summed E-state index contributed by atoms with van der Waals surface area (Å²) in [4.78, 5) is 12.1. The fraction of sp³-hybridized carbons (Fsp3) is 0.500. The van der Waals surface area contributed by atoms with E-state index >= 15 is 0 Å². The Kier molecular flexibility index (Phi) is 6.00. The number of ether oxygens (including phenoxy) is 1. The molecule has 0 radical (unpaired) electrons. The molecule has 0 saturated carbocycles. The minimum atomic E-state index is 0.137. The second-order valence-electron chi connectivity index (χ2n) is 5.64. The van der Waals surface area contributed by atoms with Gasteiger partial charge in [-0.3, -0.25) is 4.79 Å². The molecule has 0 saturated heterocycles. The Morgan fingerprint density at radius 2 is 2.19 bits per heavy atom. The SMILES string of the molecule is COc1ccc(C(=O)CNCCC2=CCCCC2)cc1C. The second kappa shape index (κ2) is 7.99. The Labute approximate surface area is 127 Å². The highest BCUT2D eigenvalue weighted by Crippen LogP contribution is 2.20. The number of methoxy groups -OCH3 is 1. The van der Waals surface area contributed by atoms with Crippen molar-refractivity contribution in [2.45, 2.75) is 39.0 Å². The van der Waals surface area contributed by atoms with Gasteiger partial charge in [0.2, 0.25) is 0 Å². The highest BCUT2D eigenvalue weighted by Gasteiger charge is 2.08. The zero-order valence-corrected chi connectivity index (χ0v) is 13.1. The van der Waals surface area contributed by atoms with Crippen molar-refractivity contribution in [3.05, 3.63) is 41.0 Å². The van der Waals surface area contributed by atoms with Gasteiger partial charge in [-0.25, -0.2) is 0 Å². The van der Waals surface area contributed by atoms with Gasteiger partial charge in [0.1, 0.15) is 5.75 Å². The molecular weight excluding hydrogens is 262 g/mol. The minimum Gasteiger partial charge on any atom is -0.496 e. The van der Waals surface area contributed by atoms with Crippen molar-refractivity contribution in [3.63, 3.8) is 0 Å². The molecule has 0 unspecified atom stereocenters. The van der Waals surface area contributed by atoms with Crippen molar-refractivity contribution in [1.29, 1.82) is 0 Å². The van der Waals surface area contributed by atoms with E-state index in [0.717, 1.165) is 29.8 Å². The maximum atomic E-state index is 12.1. The maximum Gasteiger partial charge on any atom is 0.176 e. The number of carbonyl (C=O) groups excluding carboxylic acids is 1. The van der Waals surface area contributed by atoms with E-state index in [4.69, 9.17) is 4.74 Å². The maximum absolute atomic E-state index is 12.1. The number of hydrogen-bond acceptors (Lipinski definition) is 3. The molecule has 1 aromatic carbocycles. The largest absolute Gasteiger partial charge is 0.496 e. The summed E-state index contributed by atoms with van der Waals surface area (Å²) in [5, 5.41) is 3.26. The zero-order valence-electron chi connectivity index (χ0n) is 13.1. The molecule has 1 N–H and O–H groups in total. The number of aryl methyl sites for hydroxylation is 1. The van der Waals surface area contributed by atoms with Gasteiger partial charge in [0.15, 0.2) is 5.78 Å². The molecule has 0 aliphatic heterocycles. The van der Waals surface area contributed by atoms with Crippen LogP contribution in [-0.2, 0) is 0 Å². The summed E-state index contributed by atoms with van der Waals surface area (Å²) in [6.45, 7) is 3.24. The topological polar surface area (TPSA) is 38.3 Å². The molecule has 3 nitrogen and oxygen atoms in total. The van der Waals surface area contributed by atoms with Gasteiger partial charge < -0.3 is 10.1 Å². The summed E-state index contributed by atoms with van der Waals surface area (Å²) in [6.07, 6.45) is 8.52. The predicted molar refractivity (Wildman–Crippen MR) is 86.1 cm³/mol. The Morgan fingerprint density at radius 1 is 1.33 bits per heavy atom. The van der Waals surface area contributed by atoms with Crippen LogP contribution in [0.4, 0.5) is 0 Å². The van der Waals surface area contributed by atoms with E-state index < -0.39 is 0 Å². The molecule has 0 atom stereocenters. The number of rotatable bonds is 7. The molecule has 0 bridgehead atoms. The lowest BCUT2D eigenvalue weighted by Gasteiger charge is -2.13. The van der Waals surface area contributed by atoms with E-state index in [0.29, 0.717) is 6.54 Å². The van der Waals surface area contributed by atoms with Gasteiger partial charge in [0.25, 0.3) is 0 Å². The van der Waals surface area contributed by atoms with Crippen LogP contribution in [0.3, 0.4) is 0 Å². The smallest absolute Gasteiger partial charge is 0.176 e. The number of nitrogens with one attached hydrogen (secondary N) is 1. The first-order valence-electron chi connectivity index (χ1n) is 7.77. The molecule has 114 valence electrons. The molecule has 21 heavy (non-hydrogen) atoms. The molecule has 0 spiro atoms. The van der Waals surface area contributed by atoms with Crippen molar-refractivity contribution in [3.8, 4) is 5.75 Å². The highest BCUT2D eigenvalue weighted by atomic mass is 16.5. The monoisotopic (exact) mass is 287 g/mol. The van der Waals surface area contributed by atoms with Crippen molar-refractivity contribution < 1.29 is 9.53 Å². The van der Waals surface area contributed by atoms with E-state index in [9.17, 15) is 4.79 Å². The van der Waals surface area contributed by atoms with E-state index in [1.807, 2.05) is 25.1 Å². The Bertz CT molecular complexity index is 520. The van der Waals surface area contributed by atoms with Gasteiger partial charge in [0, 0.05) is 5.56 Å². The molecule has 0 aromatic heterocycles. The number of hydrogen-bond donors (Lipinski definition) is 1. The van der Waals surface area contributed by atoms with Crippen LogP contribution >= 0.6 is 0 Å². The summed E-state index contributed by atoms with van der Waals surface area (Å²) < 4.78 is 5.21. The third-order valence-electron chi connectivity index (χ3n) is 4.01. The fourth-order valence-electron chi connectivity index (χ4n) is 2.74. The minimum absolute atomic E-state index is 0.137. The normalized spacial score (nSPS) is 14.7. The summed E-state index contributed by atoms with van der Waals surface area (Å²) in [7, 11) is 1.64. The second-order valence-corrected chi connectivity index (χ2v) is 5.64. The molecule has 2 rings (SSSR count). The number of ketones is 1.